The summed E-state index contributed by atoms with van der Waals surface area (Å²) in [5, 5.41) is 0. The Labute approximate surface area is 154 Å². The molecule has 25 heavy (non-hydrogen) atoms. The smallest absolute Gasteiger partial charge is 0.410 e. The van der Waals surface area contributed by atoms with Crippen LogP contribution in [0.25, 0.3) is 0 Å². The first-order valence-electron chi connectivity index (χ1n) is 8.02. The molecule has 0 bridgehead atoms. The van der Waals surface area contributed by atoms with E-state index in [1.807, 2.05) is 0 Å². The molecule has 8 heteroatoms. The van der Waals surface area contributed by atoms with Gasteiger partial charge in [0, 0.05) is 30.7 Å². The predicted molar refractivity (Wildman–Crippen MR) is 92.3 cm³/mol. The quantitative estimate of drug-likeness (QED) is 0.697. The van der Waals surface area contributed by atoms with Crippen molar-refractivity contribution in [3.05, 3.63) is 34.3 Å². The van der Waals surface area contributed by atoms with Gasteiger partial charge in [-0.2, -0.15) is 13.2 Å². The summed E-state index contributed by atoms with van der Waals surface area (Å²) in [6.07, 6.45) is -4.89. The van der Waals surface area contributed by atoms with Crippen LogP contribution >= 0.6 is 15.9 Å². The zero-order valence-electron chi connectivity index (χ0n) is 14.4. The van der Waals surface area contributed by atoms with Crippen LogP contribution in [0.1, 0.15) is 32.4 Å². The lowest BCUT2D eigenvalue weighted by atomic mass is 10.0. The van der Waals surface area contributed by atoms with Gasteiger partial charge in [-0.25, -0.2) is 4.79 Å². The maximum Gasteiger partial charge on any atom is 0.410 e. The molecule has 0 N–H and O–H groups in total. The molecule has 1 aliphatic heterocycles. The van der Waals surface area contributed by atoms with Crippen LogP contribution in [-0.4, -0.2) is 53.8 Å². The molecule has 1 aromatic carbocycles. The number of ether oxygens (including phenoxy) is 1. The molecule has 1 atom stereocenters. The number of nitrogens with zero attached hydrogens (tertiary/aromatic N) is 2. The van der Waals surface area contributed by atoms with Crippen molar-refractivity contribution in [2.45, 2.75) is 38.6 Å². The molecule has 4 nitrogen and oxygen atoms in total. The molecule has 0 spiro atoms. The minimum Gasteiger partial charge on any atom is -0.444 e. The molecule has 1 amide bonds. The van der Waals surface area contributed by atoms with Crippen LogP contribution in [0.4, 0.5) is 18.0 Å². The lowest BCUT2D eigenvalue weighted by Gasteiger charge is -2.40. The van der Waals surface area contributed by atoms with Crippen molar-refractivity contribution in [1.29, 1.82) is 0 Å². The van der Waals surface area contributed by atoms with E-state index in [2.05, 4.69) is 15.9 Å². The summed E-state index contributed by atoms with van der Waals surface area (Å²) in [5.41, 5.74) is -0.446. The van der Waals surface area contributed by atoms with Crippen molar-refractivity contribution in [3.63, 3.8) is 0 Å². The molecular formula is C17H22BrF3N2O2. The van der Waals surface area contributed by atoms with Crippen molar-refractivity contribution in [2.75, 3.05) is 26.2 Å². The van der Waals surface area contributed by atoms with Crippen LogP contribution in [0.2, 0.25) is 0 Å². The van der Waals surface area contributed by atoms with Crippen LogP contribution < -0.4 is 0 Å². The highest BCUT2D eigenvalue weighted by Crippen LogP contribution is 2.40. The average molecular weight is 423 g/mol. The normalized spacial score (nSPS) is 18.1. The summed E-state index contributed by atoms with van der Waals surface area (Å²) in [7, 11) is 0. The molecule has 1 heterocycles. The first-order chi connectivity index (χ1) is 11.5. The van der Waals surface area contributed by atoms with E-state index < -0.39 is 23.9 Å². The molecule has 140 valence electrons. The van der Waals surface area contributed by atoms with Crippen molar-refractivity contribution >= 4 is 22.0 Å². The standard InChI is InChI=1S/C17H22BrF3N2O2/c1-16(2,3)25-15(24)23-10-8-22(9-11-23)14(17(19,20)21)12-6-4-5-7-13(12)18/h4-7,14H,8-11H2,1-3H3. The van der Waals surface area contributed by atoms with E-state index in [1.165, 1.54) is 15.9 Å². The second-order valence-corrected chi connectivity index (χ2v) is 7.82. The summed E-state index contributed by atoms with van der Waals surface area (Å²) < 4.78 is 46.7. The van der Waals surface area contributed by atoms with Crippen LogP contribution in [0.5, 0.6) is 0 Å². The number of alkyl halides is 3. The Bertz CT molecular complexity index is 609. The number of hydrogen-bond donors (Lipinski definition) is 0. The SMILES string of the molecule is CC(C)(C)OC(=O)N1CCN(C(c2ccccc2Br)C(F)(F)F)CC1. The van der Waals surface area contributed by atoms with Gasteiger partial charge in [0.1, 0.15) is 11.6 Å². The third kappa shape index (κ3) is 5.34. The molecule has 0 aromatic heterocycles. The van der Waals surface area contributed by atoms with E-state index in [0.717, 1.165) is 0 Å². The lowest BCUT2D eigenvalue weighted by molar-refractivity contribution is -0.190. The molecule has 2 rings (SSSR count). The third-order valence-corrected chi connectivity index (χ3v) is 4.56. The Morgan fingerprint density at radius 1 is 1.12 bits per heavy atom. The van der Waals surface area contributed by atoms with E-state index in [-0.39, 0.29) is 31.7 Å². The number of halogens is 4. The van der Waals surface area contributed by atoms with Crippen LogP contribution in [0.15, 0.2) is 28.7 Å². The number of carbonyl (C=O) groups is 1. The van der Waals surface area contributed by atoms with Crippen LogP contribution in [0.3, 0.4) is 0 Å². The van der Waals surface area contributed by atoms with E-state index >= 15 is 0 Å². The Morgan fingerprint density at radius 2 is 1.68 bits per heavy atom. The van der Waals surface area contributed by atoms with Gasteiger partial charge in [0.2, 0.25) is 0 Å². The minimum absolute atomic E-state index is 0.130. The Balaban J connectivity index is 2.11. The highest BCUT2D eigenvalue weighted by molar-refractivity contribution is 9.10. The van der Waals surface area contributed by atoms with Crippen molar-refractivity contribution in [1.82, 2.24) is 9.80 Å². The summed E-state index contributed by atoms with van der Waals surface area (Å²) in [6, 6.07) is 4.65. The van der Waals surface area contributed by atoms with Gasteiger partial charge in [-0.3, -0.25) is 4.90 Å². The van der Waals surface area contributed by atoms with Crippen molar-refractivity contribution in [3.8, 4) is 0 Å². The van der Waals surface area contributed by atoms with E-state index in [4.69, 9.17) is 4.74 Å². The number of carbonyl (C=O) groups excluding carboxylic acids is 1. The maximum atomic E-state index is 13.7. The van der Waals surface area contributed by atoms with Gasteiger partial charge in [-0.05, 0) is 32.4 Å². The topological polar surface area (TPSA) is 32.8 Å². The van der Waals surface area contributed by atoms with Gasteiger partial charge in [0.25, 0.3) is 0 Å². The molecule has 1 unspecified atom stereocenters. The maximum absolute atomic E-state index is 13.7. The van der Waals surface area contributed by atoms with E-state index in [9.17, 15) is 18.0 Å². The molecule has 0 radical (unpaired) electrons. The first-order valence-corrected chi connectivity index (χ1v) is 8.81. The fourth-order valence-corrected chi connectivity index (χ4v) is 3.27. The highest BCUT2D eigenvalue weighted by Gasteiger charge is 2.46. The Kier molecular flexibility index (Phi) is 6.04. The van der Waals surface area contributed by atoms with Gasteiger partial charge >= 0.3 is 12.3 Å². The number of amides is 1. The highest BCUT2D eigenvalue weighted by atomic mass is 79.9. The molecular weight excluding hydrogens is 401 g/mol. The molecule has 0 aliphatic carbocycles. The van der Waals surface area contributed by atoms with Gasteiger partial charge in [-0.15, -0.1) is 0 Å². The number of rotatable bonds is 2. The van der Waals surface area contributed by atoms with Crippen LogP contribution in [-0.2, 0) is 4.74 Å². The first kappa shape index (κ1) is 20.0. The number of piperazine rings is 1. The zero-order valence-corrected chi connectivity index (χ0v) is 16.0. The number of benzene rings is 1. The summed E-state index contributed by atoms with van der Waals surface area (Å²) in [6.45, 7) is 5.93. The monoisotopic (exact) mass is 422 g/mol. The third-order valence-electron chi connectivity index (χ3n) is 3.84. The molecule has 1 fully saturated rings. The summed E-state index contributed by atoms with van der Waals surface area (Å²) in [5.74, 6) is 0. The van der Waals surface area contributed by atoms with Gasteiger partial charge < -0.3 is 9.64 Å². The lowest BCUT2D eigenvalue weighted by Crippen LogP contribution is -2.53. The second kappa shape index (κ2) is 7.53. The molecule has 1 saturated heterocycles. The zero-order chi connectivity index (χ0) is 18.8. The average Bonchev–Trinajstić information content (AvgIpc) is 2.47. The Hall–Kier alpha value is -1.28. The Morgan fingerprint density at radius 3 is 2.16 bits per heavy atom. The minimum atomic E-state index is -4.40. The summed E-state index contributed by atoms with van der Waals surface area (Å²) >= 11 is 3.21. The molecule has 1 aliphatic rings. The van der Waals surface area contributed by atoms with Crippen molar-refractivity contribution in [2.24, 2.45) is 0 Å². The predicted octanol–water partition coefficient (Wildman–Crippen LogP) is 4.61. The number of hydrogen-bond acceptors (Lipinski definition) is 3. The fraction of sp³-hybridized carbons (Fsp3) is 0.588. The van der Waals surface area contributed by atoms with Crippen molar-refractivity contribution < 1.29 is 22.7 Å². The van der Waals surface area contributed by atoms with Crippen LogP contribution in [0, 0.1) is 0 Å². The largest absolute Gasteiger partial charge is 0.444 e. The van der Waals surface area contributed by atoms with Gasteiger partial charge in [0.05, 0.1) is 0 Å². The summed E-state index contributed by atoms with van der Waals surface area (Å²) in [4.78, 5) is 14.9. The molecule has 1 aromatic rings. The van der Waals surface area contributed by atoms with Gasteiger partial charge in [-0.1, -0.05) is 34.1 Å². The van der Waals surface area contributed by atoms with Gasteiger partial charge in [0.15, 0.2) is 0 Å². The molecule has 0 saturated carbocycles. The van der Waals surface area contributed by atoms with E-state index in [1.54, 1.807) is 39.0 Å². The second-order valence-electron chi connectivity index (χ2n) is 6.97. The fourth-order valence-electron chi connectivity index (χ4n) is 2.77. The van der Waals surface area contributed by atoms with E-state index in [0.29, 0.717) is 4.47 Å².